The third-order valence-electron chi connectivity index (χ3n) is 1.64. The molecule has 0 aromatic heterocycles. The molecule has 1 atom stereocenters. The largest absolute Gasteiger partial charge is 0.481 e. The van der Waals surface area contributed by atoms with Crippen molar-refractivity contribution in [2.24, 2.45) is 11.8 Å². The minimum Gasteiger partial charge on any atom is -0.481 e. The van der Waals surface area contributed by atoms with Crippen molar-refractivity contribution in [3.05, 3.63) is 0 Å². The zero-order valence-electron chi connectivity index (χ0n) is 7.87. The highest BCUT2D eigenvalue weighted by molar-refractivity contribution is 5.96. The van der Waals surface area contributed by atoms with Gasteiger partial charge in [-0.05, 0) is 5.92 Å². The lowest BCUT2D eigenvalue weighted by molar-refractivity contribution is -0.152. The van der Waals surface area contributed by atoms with Gasteiger partial charge < -0.3 is 10.0 Å². The maximum Gasteiger partial charge on any atom is 0.316 e. The molecular weight excluding hydrogens is 158 g/mol. The van der Waals surface area contributed by atoms with Crippen LogP contribution in [0.3, 0.4) is 0 Å². The van der Waals surface area contributed by atoms with Crippen molar-refractivity contribution in [1.29, 1.82) is 0 Å². The summed E-state index contributed by atoms with van der Waals surface area (Å²) in [6.45, 7) is 3.44. The van der Waals surface area contributed by atoms with E-state index in [0.29, 0.717) is 0 Å². The Morgan fingerprint density at radius 3 is 1.75 bits per heavy atom. The molecule has 70 valence electrons. The van der Waals surface area contributed by atoms with Gasteiger partial charge in [-0.15, -0.1) is 0 Å². The van der Waals surface area contributed by atoms with Crippen molar-refractivity contribution in [3.63, 3.8) is 0 Å². The standard InChI is InChI=1S/C8H15NO3/c1-5(2)6(8(11)12)7(10)9(3)4/h5-6H,1-4H3,(H,11,12). The molecule has 0 heterocycles. The van der Waals surface area contributed by atoms with Crippen LogP contribution in [0.2, 0.25) is 0 Å². The SMILES string of the molecule is CC(C)C(C(=O)O)C(=O)N(C)C. The zero-order valence-corrected chi connectivity index (χ0v) is 7.87. The van der Waals surface area contributed by atoms with E-state index in [1.807, 2.05) is 0 Å². The molecule has 1 N–H and O–H groups in total. The first kappa shape index (κ1) is 10.9. The number of rotatable bonds is 3. The molecule has 0 aliphatic rings. The van der Waals surface area contributed by atoms with Crippen LogP contribution in [-0.2, 0) is 9.59 Å². The number of amides is 1. The van der Waals surface area contributed by atoms with Gasteiger partial charge in [-0.2, -0.15) is 0 Å². The summed E-state index contributed by atoms with van der Waals surface area (Å²) >= 11 is 0. The third-order valence-corrected chi connectivity index (χ3v) is 1.64. The molecule has 1 amide bonds. The fourth-order valence-corrected chi connectivity index (χ4v) is 0.954. The van der Waals surface area contributed by atoms with Crippen LogP contribution in [0.25, 0.3) is 0 Å². The molecule has 0 radical (unpaired) electrons. The van der Waals surface area contributed by atoms with Gasteiger partial charge in [0.2, 0.25) is 5.91 Å². The van der Waals surface area contributed by atoms with Gasteiger partial charge in [0, 0.05) is 14.1 Å². The van der Waals surface area contributed by atoms with Crippen LogP contribution >= 0.6 is 0 Å². The summed E-state index contributed by atoms with van der Waals surface area (Å²) in [5.41, 5.74) is 0. The normalized spacial score (nSPS) is 12.8. The number of hydrogen-bond donors (Lipinski definition) is 1. The summed E-state index contributed by atoms with van der Waals surface area (Å²) < 4.78 is 0. The highest BCUT2D eigenvalue weighted by Gasteiger charge is 2.30. The number of carbonyl (C=O) groups is 2. The highest BCUT2D eigenvalue weighted by atomic mass is 16.4. The first-order chi connectivity index (χ1) is 5.37. The predicted molar refractivity (Wildman–Crippen MR) is 44.7 cm³/mol. The molecule has 4 heteroatoms. The summed E-state index contributed by atoms with van der Waals surface area (Å²) in [6.07, 6.45) is 0. The summed E-state index contributed by atoms with van der Waals surface area (Å²) in [4.78, 5) is 23.2. The molecule has 0 aromatic carbocycles. The highest BCUT2D eigenvalue weighted by Crippen LogP contribution is 2.12. The molecule has 0 saturated heterocycles. The van der Waals surface area contributed by atoms with Crippen LogP contribution in [0.5, 0.6) is 0 Å². The van der Waals surface area contributed by atoms with Gasteiger partial charge in [0.15, 0.2) is 0 Å². The summed E-state index contributed by atoms with van der Waals surface area (Å²) in [5.74, 6) is -2.49. The second-order valence-electron chi connectivity index (χ2n) is 3.29. The maximum atomic E-state index is 11.3. The second-order valence-corrected chi connectivity index (χ2v) is 3.29. The maximum absolute atomic E-state index is 11.3. The number of carbonyl (C=O) groups excluding carboxylic acids is 1. The molecule has 0 bridgehead atoms. The Morgan fingerprint density at radius 1 is 1.25 bits per heavy atom. The van der Waals surface area contributed by atoms with E-state index in [-0.39, 0.29) is 11.8 Å². The average molecular weight is 173 g/mol. The zero-order chi connectivity index (χ0) is 9.89. The number of aliphatic carboxylic acids is 1. The van der Waals surface area contributed by atoms with Crippen LogP contribution in [0.1, 0.15) is 13.8 Å². The molecule has 1 unspecified atom stereocenters. The van der Waals surface area contributed by atoms with E-state index in [2.05, 4.69) is 0 Å². The van der Waals surface area contributed by atoms with E-state index in [1.165, 1.54) is 4.90 Å². The quantitative estimate of drug-likeness (QED) is 0.630. The van der Waals surface area contributed by atoms with Crippen LogP contribution in [0.15, 0.2) is 0 Å². The second kappa shape index (κ2) is 4.09. The molecule has 0 aliphatic heterocycles. The van der Waals surface area contributed by atoms with Gasteiger partial charge in [-0.25, -0.2) is 0 Å². The van der Waals surface area contributed by atoms with Gasteiger partial charge >= 0.3 is 5.97 Å². The Kier molecular flexibility index (Phi) is 3.73. The van der Waals surface area contributed by atoms with Gasteiger partial charge in [0.1, 0.15) is 5.92 Å². The molecule has 0 aliphatic carbocycles. The monoisotopic (exact) mass is 173 g/mol. The van der Waals surface area contributed by atoms with Gasteiger partial charge in [-0.1, -0.05) is 13.8 Å². The Morgan fingerprint density at radius 2 is 1.67 bits per heavy atom. The van der Waals surface area contributed by atoms with Crippen molar-refractivity contribution < 1.29 is 14.7 Å². The lowest BCUT2D eigenvalue weighted by atomic mass is 9.95. The summed E-state index contributed by atoms with van der Waals surface area (Å²) in [7, 11) is 3.11. The van der Waals surface area contributed by atoms with Crippen molar-refractivity contribution in [2.75, 3.05) is 14.1 Å². The Labute approximate surface area is 72.2 Å². The minimum absolute atomic E-state index is 0.169. The molecule has 12 heavy (non-hydrogen) atoms. The van der Waals surface area contributed by atoms with E-state index in [9.17, 15) is 9.59 Å². The Hall–Kier alpha value is -1.06. The lowest BCUT2D eigenvalue weighted by Crippen LogP contribution is -2.37. The summed E-state index contributed by atoms with van der Waals surface area (Å²) in [5, 5.41) is 8.72. The first-order valence-electron chi connectivity index (χ1n) is 3.82. The molecule has 0 spiro atoms. The van der Waals surface area contributed by atoms with Crippen LogP contribution in [0.4, 0.5) is 0 Å². The van der Waals surface area contributed by atoms with E-state index >= 15 is 0 Å². The molecule has 0 aromatic rings. The lowest BCUT2D eigenvalue weighted by Gasteiger charge is -2.19. The van der Waals surface area contributed by atoms with Crippen LogP contribution in [0, 0.1) is 11.8 Å². The van der Waals surface area contributed by atoms with Crippen LogP contribution in [-0.4, -0.2) is 36.0 Å². The van der Waals surface area contributed by atoms with Gasteiger partial charge in [0.25, 0.3) is 0 Å². The van der Waals surface area contributed by atoms with Crippen molar-refractivity contribution in [3.8, 4) is 0 Å². The molecule has 0 saturated carbocycles. The van der Waals surface area contributed by atoms with E-state index < -0.39 is 11.9 Å². The van der Waals surface area contributed by atoms with Crippen LogP contribution < -0.4 is 0 Å². The number of carboxylic acid groups (broad SMARTS) is 1. The number of carboxylic acids is 1. The Bertz CT molecular complexity index is 187. The fourth-order valence-electron chi connectivity index (χ4n) is 0.954. The molecule has 0 fully saturated rings. The minimum atomic E-state index is -1.05. The smallest absolute Gasteiger partial charge is 0.316 e. The third kappa shape index (κ3) is 2.53. The van der Waals surface area contributed by atoms with Crippen molar-refractivity contribution >= 4 is 11.9 Å². The molecular formula is C8H15NO3. The molecule has 0 rings (SSSR count). The van der Waals surface area contributed by atoms with Crippen molar-refractivity contribution in [1.82, 2.24) is 4.90 Å². The van der Waals surface area contributed by atoms with E-state index in [1.54, 1.807) is 27.9 Å². The Balaban J connectivity index is 4.52. The predicted octanol–water partition coefficient (Wildman–Crippen LogP) is 0.431. The first-order valence-corrected chi connectivity index (χ1v) is 3.82. The molecule has 4 nitrogen and oxygen atoms in total. The van der Waals surface area contributed by atoms with E-state index in [4.69, 9.17) is 5.11 Å². The van der Waals surface area contributed by atoms with E-state index in [0.717, 1.165) is 0 Å². The fraction of sp³-hybridized carbons (Fsp3) is 0.750. The average Bonchev–Trinajstić information content (AvgIpc) is 1.85. The number of nitrogens with zero attached hydrogens (tertiary/aromatic N) is 1. The van der Waals surface area contributed by atoms with Gasteiger partial charge in [0.05, 0.1) is 0 Å². The van der Waals surface area contributed by atoms with Gasteiger partial charge in [-0.3, -0.25) is 9.59 Å². The topological polar surface area (TPSA) is 57.6 Å². The summed E-state index contributed by atoms with van der Waals surface area (Å²) in [6, 6.07) is 0. The van der Waals surface area contributed by atoms with Crippen molar-refractivity contribution in [2.45, 2.75) is 13.8 Å². The number of hydrogen-bond acceptors (Lipinski definition) is 2.